The molecule has 0 spiro atoms. The Hall–Kier alpha value is -2.39. The lowest BCUT2D eigenvalue weighted by atomic mass is 10.1. The summed E-state index contributed by atoms with van der Waals surface area (Å²) in [4.78, 5) is 12.2. The number of carbonyl (C=O) groups is 1. The Balaban J connectivity index is 2.28. The van der Waals surface area contributed by atoms with Crippen LogP contribution in [0.15, 0.2) is 47.4 Å². The molecule has 0 saturated carbocycles. The van der Waals surface area contributed by atoms with Crippen LogP contribution in [-0.4, -0.2) is 32.8 Å². The van der Waals surface area contributed by atoms with Gasteiger partial charge in [0.2, 0.25) is 10.0 Å². The zero-order chi connectivity index (χ0) is 20.4. The van der Waals surface area contributed by atoms with Crippen molar-refractivity contribution in [3.05, 3.63) is 64.7 Å². The first-order valence-electron chi connectivity index (χ1n) is 7.80. The highest BCUT2D eigenvalue weighted by atomic mass is 32.2. The van der Waals surface area contributed by atoms with Crippen LogP contribution < -0.4 is 0 Å². The lowest BCUT2D eigenvalue weighted by molar-refractivity contribution is -0.138. The molecule has 0 radical (unpaired) electrons. The minimum atomic E-state index is -4.57. The number of nitrogens with zero attached hydrogens (tertiary/aromatic N) is 1. The maximum absolute atomic E-state index is 13.0. The number of rotatable bonds is 5. The molecule has 0 unspecified atom stereocenters. The van der Waals surface area contributed by atoms with Crippen LogP contribution in [0, 0.1) is 6.92 Å². The number of alkyl halides is 3. The Morgan fingerprint density at radius 2 is 1.74 bits per heavy atom. The Morgan fingerprint density at radius 1 is 1.11 bits per heavy atom. The number of hydrogen-bond donors (Lipinski definition) is 0. The van der Waals surface area contributed by atoms with E-state index in [9.17, 15) is 26.4 Å². The summed E-state index contributed by atoms with van der Waals surface area (Å²) in [6, 6.07) is 8.72. The second-order valence-electron chi connectivity index (χ2n) is 6.00. The zero-order valence-corrected chi connectivity index (χ0v) is 15.7. The molecule has 0 heterocycles. The van der Waals surface area contributed by atoms with E-state index in [1.165, 1.54) is 44.4 Å². The van der Waals surface area contributed by atoms with Crippen molar-refractivity contribution in [2.75, 3.05) is 14.1 Å². The van der Waals surface area contributed by atoms with Gasteiger partial charge in [-0.05, 0) is 30.7 Å². The van der Waals surface area contributed by atoms with E-state index < -0.39 is 34.3 Å². The number of hydrogen-bond acceptors (Lipinski definition) is 4. The summed E-state index contributed by atoms with van der Waals surface area (Å²) in [5.74, 6) is -0.903. The SMILES string of the molecule is Cc1ccc(S(=O)(=O)N(C)C)cc1C(=O)OCc1ccccc1C(F)(F)F. The first-order chi connectivity index (χ1) is 12.4. The molecule has 2 rings (SSSR count). The number of aryl methyl sites for hydroxylation is 1. The van der Waals surface area contributed by atoms with Crippen LogP contribution >= 0.6 is 0 Å². The number of halogens is 3. The van der Waals surface area contributed by atoms with Gasteiger partial charge in [0, 0.05) is 19.7 Å². The minimum Gasteiger partial charge on any atom is -0.457 e. The molecule has 0 aromatic heterocycles. The third kappa shape index (κ3) is 4.67. The van der Waals surface area contributed by atoms with Gasteiger partial charge in [-0.3, -0.25) is 0 Å². The van der Waals surface area contributed by atoms with E-state index in [2.05, 4.69) is 0 Å². The molecule has 0 fully saturated rings. The monoisotopic (exact) mass is 401 g/mol. The maximum Gasteiger partial charge on any atom is 0.416 e. The van der Waals surface area contributed by atoms with Gasteiger partial charge in [-0.1, -0.05) is 24.3 Å². The normalized spacial score (nSPS) is 12.3. The van der Waals surface area contributed by atoms with Gasteiger partial charge < -0.3 is 4.74 Å². The second-order valence-corrected chi connectivity index (χ2v) is 8.15. The standard InChI is InChI=1S/C18H18F3NO4S/c1-12-8-9-14(27(24,25)22(2)3)10-15(12)17(23)26-11-13-6-4-5-7-16(13)18(19,20)21/h4-10H,11H2,1-3H3. The van der Waals surface area contributed by atoms with E-state index in [1.54, 1.807) is 6.92 Å². The fraction of sp³-hybridized carbons (Fsp3) is 0.278. The third-order valence-corrected chi connectivity index (χ3v) is 5.70. The molecule has 0 amide bonds. The lowest BCUT2D eigenvalue weighted by Gasteiger charge is -2.15. The number of sulfonamides is 1. The molecule has 0 aliphatic carbocycles. The summed E-state index contributed by atoms with van der Waals surface area (Å²) >= 11 is 0. The van der Waals surface area contributed by atoms with Crippen molar-refractivity contribution in [1.82, 2.24) is 4.31 Å². The van der Waals surface area contributed by atoms with Crippen LogP contribution in [0.25, 0.3) is 0 Å². The van der Waals surface area contributed by atoms with Crippen LogP contribution in [0.3, 0.4) is 0 Å². The molecular formula is C18H18F3NO4S. The van der Waals surface area contributed by atoms with Crippen LogP contribution in [0.1, 0.15) is 27.0 Å². The van der Waals surface area contributed by atoms with E-state index in [1.807, 2.05) is 0 Å². The fourth-order valence-corrected chi connectivity index (χ4v) is 3.26. The van der Waals surface area contributed by atoms with Crippen molar-refractivity contribution in [1.29, 1.82) is 0 Å². The van der Waals surface area contributed by atoms with Gasteiger partial charge in [-0.15, -0.1) is 0 Å². The second kappa shape index (κ2) is 7.69. The van der Waals surface area contributed by atoms with Crippen molar-refractivity contribution in [2.45, 2.75) is 24.6 Å². The average molecular weight is 401 g/mol. The van der Waals surface area contributed by atoms with E-state index in [0.717, 1.165) is 16.4 Å². The largest absolute Gasteiger partial charge is 0.457 e. The van der Waals surface area contributed by atoms with Gasteiger partial charge in [-0.2, -0.15) is 13.2 Å². The molecule has 2 aromatic carbocycles. The van der Waals surface area contributed by atoms with Gasteiger partial charge in [0.15, 0.2) is 0 Å². The number of benzene rings is 2. The van der Waals surface area contributed by atoms with Crippen LogP contribution in [0.2, 0.25) is 0 Å². The van der Waals surface area contributed by atoms with E-state index in [0.29, 0.717) is 5.56 Å². The highest BCUT2D eigenvalue weighted by molar-refractivity contribution is 7.89. The van der Waals surface area contributed by atoms with Crippen molar-refractivity contribution in [3.63, 3.8) is 0 Å². The Bertz CT molecular complexity index is 953. The Kier molecular flexibility index (Phi) is 5.96. The van der Waals surface area contributed by atoms with Gasteiger partial charge in [0.25, 0.3) is 0 Å². The molecule has 0 N–H and O–H groups in total. The summed E-state index contributed by atoms with van der Waals surface area (Å²) in [6.45, 7) is 0.991. The quantitative estimate of drug-likeness (QED) is 0.718. The van der Waals surface area contributed by atoms with Gasteiger partial charge in [-0.25, -0.2) is 17.5 Å². The molecule has 5 nitrogen and oxygen atoms in total. The van der Waals surface area contributed by atoms with Crippen molar-refractivity contribution in [2.24, 2.45) is 0 Å². The highest BCUT2D eigenvalue weighted by Crippen LogP contribution is 2.32. The Labute approximate surface area is 155 Å². The molecule has 0 saturated heterocycles. The molecule has 0 aliphatic rings. The predicted molar refractivity (Wildman–Crippen MR) is 92.6 cm³/mol. The van der Waals surface area contributed by atoms with E-state index in [4.69, 9.17) is 4.74 Å². The van der Waals surface area contributed by atoms with Gasteiger partial charge in [0.1, 0.15) is 6.61 Å². The lowest BCUT2D eigenvalue weighted by Crippen LogP contribution is -2.22. The Morgan fingerprint density at radius 3 is 2.33 bits per heavy atom. The van der Waals surface area contributed by atoms with E-state index >= 15 is 0 Å². The van der Waals surface area contributed by atoms with Crippen molar-refractivity contribution in [3.8, 4) is 0 Å². The van der Waals surface area contributed by atoms with Gasteiger partial charge in [0.05, 0.1) is 16.0 Å². The molecule has 146 valence electrons. The predicted octanol–water partition coefficient (Wildman–Crippen LogP) is 3.62. The van der Waals surface area contributed by atoms with Crippen molar-refractivity contribution < 1.29 is 31.1 Å². The van der Waals surface area contributed by atoms with Crippen molar-refractivity contribution >= 4 is 16.0 Å². The molecular weight excluding hydrogens is 383 g/mol. The van der Waals surface area contributed by atoms with Crippen LogP contribution in [0.4, 0.5) is 13.2 Å². The first-order valence-corrected chi connectivity index (χ1v) is 9.24. The highest BCUT2D eigenvalue weighted by Gasteiger charge is 2.33. The summed E-state index contributed by atoms with van der Waals surface area (Å²) in [7, 11) is -1.07. The maximum atomic E-state index is 13.0. The topological polar surface area (TPSA) is 63.7 Å². The minimum absolute atomic E-state index is 0.0255. The molecule has 0 atom stereocenters. The average Bonchev–Trinajstić information content (AvgIpc) is 2.59. The first kappa shape index (κ1) is 20.9. The van der Waals surface area contributed by atoms with E-state index in [-0.39, 0.29) is 16.0 Å². The summed E-state index contributed by atoms with van der Waals surface area (Å²) in [6.07, 6.45) is -4.57. The van der Waals surface area contributed by atoms with Crippen LogP contribution in [-0.2, 0) is 27.5 Å². The number of esters is 1. The molecule has 9 heteroatoms. The number of carbonyl (C=O) groups excluding carboxylic acids is 1. The van der Waals surface area contributed by atoms with Gasteiger partial charge >= 0.3 is 12.1 Å². The zero-order valence-electron chi connectivity index (χ0n) is 14.9. The molecule has 2 aromatic rings. The summed E-state index contributed by atoms with van der Waals surface area (Å²) in [5.41, 5.74) is -0.657. The number of ether oxygens (including phenoxy) is 1. The fourth-order valence-electron chi connectivity index (χ4n) is 2.34. The molecule has 27 heavy (non-hydrogen) atoms. The third-order valence-electron chi connectivity index (χ3n) is 3.89. The molecule has 0 bridgehead atoms. The summed E-state index contributed by atoms with van der Waals surface area (Å²) < 4.78 is 69.4. The van der Waals surface area contributed by atoms with Crippen LogP contribution in [0.5, 0.6) is 0 Å². The molecule has 0 aliphatic heterocycles. The summed E-state index contributed by atoms with van der Waals surface area (Å²) in [5, 5.41) is 0. The smallest absolute Gasteiger partial charge is 0.416 e.